The smallest absolute Gasteiger partial charge is 0.308 e. The number of nitrogens with zero attached hydrogens (tertiary/aromatic N) is 4. The Bertz CT molecular complexity index is 621. The predicted octanol–water partition coefficient (Wildman–Crippen LogP) is 1.60. The zero-order chi connectivity index (χ0) is 14.7. The Hall–Kier alpha value is -2.24. The van der Waals surface area contributed by atoms with Gasteiger partial charge in [-0.15, -0.1) is 5.10 Å². The van der Waals surface area contributed by atoms with Crippen molar-refractivity contribution in [2.45, 2.75) is 33.7 Å². The van der Waals surface area contributed by atoms with Crippen molar-refractivity contribution in [1.29, 1.82) is 0 Å². The van der Waals surface area contributed by atoms with E-state index in [1.54, 1.807) is 11.6 Å². The van der Waals surface area contributed by atoms with Gasteiger partial charge in [-0.2, -0.15) is 0 Å². The first-order chi connectivity index (χ1) is 9.47. The van der Waals surface area contributed by atoms with Gasteiger partial charge in [-0.05, 0) is 35.4 Å². The van der Waals surface area contributed by atoms with Gasteiger partial charge >= 0.3 is 5.97 Å². The van der Waals surface area contributed by atoms with Crippen molar-refractivity contribution < 1.29 is 9.90 Å². The molecular weight excluding hydrogens is 256 g/mol. The van der Waals surface area contributed by atoms with Crippen molar-refractivity contribution in [3.8, 4) is 0 Å². The summed E-state index contributed by atoms with van der Waals surface area (Å²) in [6.45, 7) is 6.01. The minimum absolute atomic E-state index is 0.280. The second-order valence-electron chi connectivity index (χ2n) is 5.12. The number of tetrazole rings is 1. The summed E-state index contributed by atoms with van der Waals surface area (Å²) in [5.41, 5.74) is 3.52. The molecule has 0 saturated heterocycles. The van der Waals surface area contributed by atoms with Gasteiger partial charge in [0.2, 0.25) is 0 Å². The lowest BCUT2D eigenvalue weighted by molar-refractivity contribution is -0.141. The molecule has 0 aliphatic carbocycles. The molecule has 1 atom stereocenters. The molecule has 106 valence electrons. The van der Waals surface area contributed by atoms with Gasteiger partial charge in [-0.1, -0.05) is 30.7 Å². The number of aryl methyl sites for hydroxylation is 2. The molecule has 0 radical (unpaired) electrons. The molecule has 1 unspecified atom stereocenters. The van der Waals surface area contributed by atoms with E-state index in [1.807, 2.05) is 13.8 Å². The fourth-order valence-corrected chi connectivity index (χ4v) is 1.99. The van der Waals surface area contributed by atoms with Gasteiger partial charge in [0, 0.05) is 6.42 Å². The third kappa shape index (κ3) is 3.20. The molecule has 0 amide bonds. The van der Waals surface area contributed by atoms with Crippen molar-refractivity contribution in [2.24, 2.45) is 5.92 Å². The molecule has 0 fully saturated rings. The molecule has 6 nitrogen and oxygen atoms in total. The topological polar surface area (TPSA) is 80.9 Å². The van der Waals surface area contributed by atoms with Gasteiger partial charge in [-0.3, -0.25) is 4.79 Å². The number of hydrogen-bond acceptors (Lipinski definition) is 4. The van der Waals surface area contributed by atoms with Crippen LogP contribution in [0.25, 0.3) is 0 Å². The van der Waals surface area contributed by atoms with Crippen molar-refractivity contribution in [3.05, 3.63) is 40.7 Å². The normalized spacial score (nSPS) is 12.3. The first kappa shape index (κ1) is 14.2. The summed E-state index contributed by atoms with van der Waals surface area (Å²) in [4.78, 5) is 10.9. The van der Waals surface area contributed by atoms with Gasteiger partial charge < -0.3 is 5.11 Å². The molecule has 0 aliphatic heterocycles. The predicted molar refractivity (Wildman–Crippen MR) is 73.3 cm³/mol. The van der Waals surface area contributed by atoms with Crippen LogP contribution in [0.15, 0.2) is 18.2 Å². The van der Waals surface area contributed by atoms with Crippen LogP contribution in [-0.2, 0) is 17.8 Å². The number of carboxylic acid groups (broad SMARTS) is 1. The number of carboxylic acids is 1. The molecule has 0 saturated carbocycles. The number of aliphatic carboxylic acids is 1. The standard InChI is InChI=1S/C14H18N4O2/c1-9-4-5-10(2)12(6-9)7-13-15-16-17-18(13)8-11(3)14(19)20/h4-6,11H,7-8H2,1-3H3,(H,19,20). The van der Waals surface area contributed by atoms with E-state index in [1.165, 1.54) is 11.1 Å². The molecule has 2 aromatic rings. The lowest BCUT2D eigenvalue weighted by Gasteiger charge is -2.09. The highest BCUT2D eigenvalue weighted by Crippen LogP contribution is 2.14. The Morgan fingerprint density at radius 1 is 1.40 bits per heavy atom. The Labute approximate surface area is 117 Å². The van der Waals surface area contributed by atoms with E-state index in [2.05, 4.69) is 33.7 Å². The van der Waals surface area contributed by atoms with Crippen LogP contribution in [0.1, 0.15) is 29.4 Å². The van der Waals surface area contributed by atoms with Crippen LogP contribution < -0.4 is 0 Å². The number of aromatic nitrogens is 4. The summed E-state index contributed by atoms with van der Waals surface area (Å²) in [6, 6.07) is 6.24. The van der Waals surface area contributed by atoms with E-state index >= 15 is 0 Å². The van der Waals surface area contributed by atoms with E-state index in [0.29, 0.717) is 12.2 Å². The van der Waals surface area contributed by atoms with E-state index < -0.39 is 11.9 Å². The first-order valence-electron chi connectivity index (χ1n) is 6.51. The monoisotopic (exact) mass is 274 g/mol. The summed E-state index contributed by atoms with van der Waals surface area (Å²) in [7, 11) is 0. The minimum Gasteiger partial charge on any atom is -0.481 e. The van der Waals surface area contributed by atoms with E-state index in [-0.39, 0.29) is 6.54 Å². The van der Waals surface area contributed by atoms with Gasteiger partial charge in [0.05, 0.1) is 12.5 Å². The Kier molecular flexibility index (Phi) is 4.12. The quantitative estimate of drug-likeness (QED) is 0.895. The van der Waals surface area contributed by atoms with Crippen LogP contribution in [0.2, 0.25) is 0 Å². The van der Waals surface area contributed by atoms with Crippen LogP contribution in [0.5, 0.6) is 0 Å². The zero-order valence-electron chi connectivity index (χ0n) is 11.9. The third-order valence-corrected chi connectivity index (χ3v) is 3.33. The maximum absolute atomic E-state index is 10.9. The van der Waals surface area contributed by atoms with Crippen LogP contribution in [-0.4, -0.2) is 31.3 Å². The van der Waals surface area contributed by atoms with Crippen molar-refractivity contribution in [1.82, 2.24) is 20.2 Å². The van der Waals surface area contributed by atoms with Crippen LogP contribution in [0.3, 0.4) is 0 Å². The number of benzene rings is 1. The highest BCUT2D eigenvalue weighted by molar-refractivity contribution is 5.69. The minimum atomic E-state index is -0.849. The summed E-state index contributed by atoms with van der Waals surface area (Å²) in [6.07, 6.45) is 0.604. The summed E-state index contributed by atoms with van der Waals surface area (Å²) < 4.78 is 1.57. The second-order valence-corrected chi connectivity index (χ2v) is 5.12. The van der Waals surface area contributed by atoms with Gasteiger partial charge in [0.1, 0.15) is 0 Å². The SMILES string of the molecule is Cc1ccc(C)c(Cc2nnnn2CC(C)C(=O)O)c1. The largest absolute Gasteiger partial charge is 0.481 e. The van der Waals surface area contributed by atoms with Crippen LogP contribution in [0, 0.1) is 19.8 Å². The second kappa shape index (κ2) is 5.81. The Morgan fingerprint density at radius 3 is 2.85 bits per heavy atom. The van der Waals surface area contributed by atoms with Crippen molar-refractivity contribution in [2.75, 3.05) is 0 Å². The molecular formula is C14H18N4O2. The summed E-state index contributed by atoms with van der Waals surface area (Å²) >= 11 is 0. The number of carbonyl (C=O) groups is 1. The van der Waals surface area contributed by atoms with Gasteiger partial charge in [0.15, 0.2) is 5.82 Å². The molecule has 2 rings (SSSR count). The summed E-state index contributed by atoms with van der Waals surface area (Å²) in [5.74, 6) is -0.680. The van der Waals surface area contributed by atoms with Crippen LogP contribution >= 0.6 is 0 Å². The molecule has 1 aromatic heterocycles. The fraction of sp³-hybridized carbons (Fsp3) is 0.429. The van der Waals surface area contributed by atoms with E-state index in [4.69, 9.17) is 5.11 Å². The number of hydrogen-bond donors (Lipinski definition) is 1. The zero-order valence-corrected chi connectivity index (χ0v) is 11.9. The molecule has 1 N–H and O–H groups in total. The molecule has 6 heteroatoms. The molecule has 0 spiro atoms. The highest BCUT2D eigenvalue weighted by Gasteiger charge is 2.16. The highest BCUT2D eigenvalue weighted by atomic mass is 16.4. The average Bonchev–Trinajstić information content (AvgIpc) is 2.81. The van der Waals surface area contributed by atoms with Crippen molar-refractivity contribution >= 4 is 5.97 Å². The maximum atomic E-state index is 10.9. The van der Waals surface area contributed by atoms with Gasteiger partial charge in [0.25, 0.3) is 0 Å². The molecule has 1 aromatic carbocycles. The first-order valence-corrected chi connectivity index (χ1v) is 6.51. The molecule has 20 heavy (non-hydrogen) atoms. The fourth-order valence-electron chi connectivity index (χ4n) is 1.99. The van der Waals surface area contributed by atoms with Crippen LogP contribution in [0.4, 0.5) is 0 Å². The molecule has 1 heterocycles. The van der Waals surface area contributed by atoms with E-state index in [0.717, 1.165) is 5.56 Å². The molecule has 0 aliphatic rings. The lowest BCUT2D eigenvalue weighted by atomic mass is 10.0. The maximum Gasteiger partial charge on any atom is 0.308 e. The number of rotatable bonds is 5. The average molecular weight is 274 g/mol. The Balaban J connectivity index is 2.20. The third-order valence-electron chi connectivity index (χ3n) is 3.33. The van der Waals surface area contributed by atoms with Gasteiger partial charge in [-0.25, -0.2) is 4.68 Å². The van der Waals surface area contributed by atoms with E-state index in [9.17, 15) is 4.79 Å². The molecule has 0 bridgehead atoms. The van der Waals surface area contributed by atoms with Crippen molar-refractivity contribution in [3.63, 3.8) is 0 Å². The Morgan fingerprint density at radius 2 is 2.15 bits per heavy atom. The summed E-state index contributed by atoms with van der Waals surface area (Å²) in [5, 5.41) is 20.5. The lowest BCUT2D eigenvalue weighted by Crippen LogP contribution is -2.19.